The topological polar surface area (TPSA) is 32.8 Å². The molecule has 4 heteroatoms. The predicted octanol–water partition coefficient (Wildman–Crippen LogP) is 2.67. The first kappa shape index (κ1) is 16.3. The molecule has 0 radical (unpaired) electrons. The molecule has 4 nitrogen and oxygen atoms in total. The molecule has 0 atom stereocenters. The number of amides is 1. The number of rotatable bonds is 4. The standard InChI is InChI=1S/C18H32N2O2/c1-19(17-8-12-22-13-9-17)16-6-10-20(11-7-16)18(21)14-15-4-2-3-5-15/h15-17H,2-14H2,1H3. The van der Waals surface area contributed by atoms with E-state index in [-0.39, 0.29) is 0 Å². The third-order valence-electron chi connectivity index (χ3n) is 6.10. The molecule has 0 aromatic carbocycles. The van der Waals surface area contributed by atoms with Crippen LogP contribution in [0.2, 0.25) is 0 Å². The molecule has 2 heterocycles. The lowest BCUT2D eigenvalue weighted by Gasteiger charge is -2.41. The van der Waals surface area contributed by atoms with Crippen LogP contribution in [-0.4, -0.2) is 61.1 Å². The molecule has 0 bridgehead atoms. The average molecular weight is 308 g/mol. The molecular weight excluding hydrogens is 276 g/mol. The van der Waals surface area contributed by atoms with E-state index in [0.717, 1.165) is 58.4 Å². The van der Waals surface area contributed by atoms with Crippen LogP contribution in [0.25, 0.3) is 0 Å². The summed E-state index contributed by atoms with van der Waals surface area (Å²) < 4.78 is 5.47. The van der Waals surface area contributed by atoms with Gasteiger partial charge in [-0.25, -0.2) is 0 Å². The van der Waals surface area contributed by atoms with Crippen molar-refractivity contribution in [3.63, 3.8) is 0 Å². The molecule has 1 saturated carbocycles. The highest BCUT2D eigenvalue weighted by atomic mass is 16.5. The Morgan fingerprint density at radius 2 is 1.59 bits per heavy atom. The van der Waals surface area contributed by atoms with Crippen LogP contribution in [0.3, 0.4) is 0 Å². The van der Waals surface area contributed by atoms with E-state index in [9.17, 15) is 4.79 Å². The molecule has 0 aromatic heterocycles. The second kappa shape index (κ2) is 7.78. The summed E-state index contributed by atoms with van der Waals surface area (Å²) in [6.45, 7) is 3.75. The van der Waals surface area contributed by atoms with Crippen molar-refractivity contribution in [1.82, 2.24) is 9.80 Å². The maximum Gasteiger partial charge on any atom is 0.222 e. The average Bonchev–Trinajstić information content (AvgIpc) is 3.08. The minimum absolute atomic E-state index is 0.416. The lowest BCUT2D eigenvalue weighted by Crippen LogP contribution is -2.49. The number of nitrogens with zero attached hydrogens (tertiary/aromatic N) is 2. The van der Waals surface area contributed by atoms with Gasteiger partial charge in [0.15, 0.2) is 0 Å². The zero-order chi connectivity index (χ0) is 15.4. The third-order valence-corrected chi connectivity index (χ3v) is 6.10. The van der Waals surface area contributed by atoms with E-state index in [1.165, 1.54) is 25.7 Å². The summed E-state index contributed by atoms with van der Waals surface area (Å²) in [5.74, 6) is 1.09. The van der Waals surface area contributed by atoms with E-state index in [4.69, 9.17) is 4.74 Å². The fourth-order valence-corrected chi connectivity index (χ4v) is 4.50. The van der Waals surface area contributed by atoms with Crippen molar-refractivity contribution in [3.8, 4) is 0 Å². The maximum absolute atomic E-state index is 12.4. The van der Waals surface area contributed by atoms with Gasteiger partial charge in [0.25, 0.3) is 0 Å². The molecule has 3 fully saturated rings. The first-order valence-electron chi connectivity index (χ1n) is 9.31. The number of hydrogen-bond acceptors (Lipinski definition) is 3. The molecule has 0 unspecified atom stereocenters. The van der Waals surface area contributed by atoms with Gasteiger partial charge in [-0.15, -0.1) is 0 Å². The monoisotopic (exact) mass is 308 g/mol. The van der Waals surface area contributed by atoms with Crippen molar-refractivity contribution < 1.29 is 9.53 Å². The summed E-state index contributed by atoms with van der Waals surface area (Å²) in [6, 6.07) is 1.33. The predicted molar refractivity (Wildman–Crippen MR) is 87.8 cm³/mol. The fraction of sp³-hybridized carbons (Fsp3) is 0.944. The highest BCUT2D eigenvalue weighted by Gasteiger charge is 2.30. The van der Waals surface area contributed by atoms with Crippen LogP contribution in [0.15, 0.2) is 0 Å². The largest absolute Gasteiger partial charge is 0.381 e. The Labute approximate surface area is 135 Å². The van der Waals surface area contributed by atoms with Crippen LogP contribution < -0.4 is 0 Å². The van der Waals surface area contributed by atoms with Gasteiger partial charge in [0.05, 0.1) is 0 Å². The molecule has 2 saturated heterocycles. The smallest absolute Gasteiger partial charge is 0.222 e. The summed E-state index contributed by atoms with van der Waals surface area (Å²) in [7, 11) is 2.27. The van der Waals surface area contributed by atoms with Gasteiger partial charge in [-0.1, -0.05) is 12.8 Å². The Bertz CT molecular complexity index is 354. The molecule has 1 aliphatic carbocycles. The molecule has 22 heavy (non-hydrogen) atoms. The van der Waals surface area contributed by atoms with Crippen LogP contribution in [0.1, 0.15) is 57.8 Å². The molecule has 1 amide bonds. The molecule has 0 spiro atoms. The molecule has 0 aromatic rings. The number of piperidine rings is 1. The van der Waals surface area contributed by atoms with Gasteiger partial charge in [-0.3, -0.25) is 4.79 Å². The van der Waals surface area contributed by atoms with E-state index in [0.29, 0.717) is 23.9 Å². The number of carbonyl (C=O) groups is 1. The van der Waals surface area contributed by atoms with Gasteiger partial charge >= 0.3 is 0 Å². The molecule has 3 rings (SSSR count). The van der Waals surface area contributed by atoms with Gasteiger partial charge in [-0.05, 0) is 51.5 Å². The summed E-state index contributed by atoms with van der Waals surface area (Å²) in [6.07, 6.45) is 10.6. The van der Waals surface area contributed by atoms with E-state index < -0.39 is 0 Å². The lowest BCUT2D eigenvalue weighted by atomic mass is 9.97. The number of hydrogen-bond donors (Lipinski definition) is 0. The summed E-state index contributed by atoms with van der Waals surface area (Å²) in [5.41, 5.74) is 0. The summed E-state index contributed by atoms with van der Waals surface area (Å²) in [4.78, 5) is 17.1. The van der Waals surface area contributed by atoms with Crippen LogP contribution in [-0.2, 0) is 9.53 Å². The minimum Gasteiger partial charge on any atom is -0.381 e. The van der Waals surface area contributed by atoms with E-state index in [1.54, 1.807) is 0 Å². The minimum atomic E-state index is 0.416. The second-order valence-corrected chi connectivity index (χ2v) is 7.48. The second-order valence-electron chi connectivity index (χ2n) is 7.48. The molecule has 0 N–H and O–H groups in total. The van der Waals surface area contributed by atoms with Crippen molar-refractivity contribution >= 4 is 5.91 Å². The van der Waals surface area contributed by atoms with Crippen molar-refractivity contribution in [1.29, 1.82) is 0 Å². The first-order chi connectivity index (χ1) is 10.7. The van der Waals surface area contributed by atoms with Gasteiger partial charge in [-0.2, -0.15) is 0 Å². The summed E-state index contributed by atoms with van der Waals surface area (Å²) in [5, 5.41) is 0. The van der Waals surface area contributed by atoms with Crippen molar-refractivity contribution in [2.24, 2.45) is 5.92 Å². The van der Waals surface area contributed by atoms with Crippen molar-refractivity contribution in [2.75, 3.05) is 33.4 Å². The molecular formula is C18H32N2O2. The van der Waals surface area contributed by atoms with Crippen LogP contribution >= 0.6 is 0 Å². The zero-order valence-corrected chi connectivity index (χ0v) is 14.1. The Morgan fingerprint density at radius 1 is 1.00 bits per heavy atom. The Hall–Kier alpha value is -0.610. The quantitative estimate of drug-likeness (QED) is 0.800. The van der Waals surface area contributed by atoms with Gasteiger partial charge in [0, 0.05) is 44.8 Å². The number of ether oxygens (including phenoxy) is 1. The SMILES string of the molecule is CN(C1CCOCC1)C1CCN(C(=O)CC2CCCC2)CC1. The normalized spacial score (nSPS) is 26.0. The van der Waals surface area contributed by atoms with Gasteiger partial charge in [0.1, 0.15) is 0 Å². The number of likely N-dealkylation sites (tertiary alicyclic amines) is 1. The van der Waals surface area contributed by atoms with Gasteiger partial charge < -0.3 is 14.5 Å². The van der Waals surface area contributed by atoms with Crippen LogP contribution in [0, 0.1) is 5.92 Å². The Morgan fingerprint density at radius 3 is 2.23 bits per heavy atom. The fourth-order valence-electron chi connectivity index (χ4n) is 4.50. The zero-order valence-electron chi connectivity index (χ0n) is 14.1. The highest BCUT2D eigenvalue weighted by molar-refractivity contribution is 5.76. The maximum atomic E-state index is 12.4. The van der Waals surface area contributed by atoms with Crippen LogP contribution in [0.5, 0.6) is 0 Å². The third kappa shape index (κ3) is 4.02. The van der Waals surface area contributed by atoms with Gasteiger partial charge in [0.2, 0.25) is 5.91 Å². The van der Waals surface area contributed by atoms with E-state index in [1.807, 2.05) is 0 Å². The van der Waals surface area contributed by atoms with Crippen LogP contribution in [0.4, 0.5) is 0 Å². The molecule has 2 aliphatic heterocycles. The Balaban J connectivity index is 1.42. The van der Waals surface area contributed by atoms with Crippen molar-refractivity contribution in [2.45, 2.75) is 69.9 Å². The molecule has 3 aliphatic rings. The van der Waals surface area contributed by atoms with E-state index in [2.05, 4.69) is 16.8 Å². The first-order valence-corrected chi connectivity index (χ1v) is 9.31. The number of carbonyl (C=O) groups excluding carboxylic acids is 1. The van der Waals surface area contributed by atoms with E-state index >= 15 is 0 Å². The lowest BCUT2D eigenvalue weighted by molar-refractivity contribution is -0.133. The summed E-state index contributed by atoms with van der Waals surface area (Å²) >= 11 is 0. The van der Waals surface area contributed by atoms with Crippen molar-refractivity contribution in [3.05, 3.63) is 0 Å². The highest BCUT2D eigenvalue weighted by Crippen LogP contribution is 2.29. The molecule has 126 valence electrons. The Kier molecular flexibility index (Phi) is 5.75.